The summed E-state index contributed by atoms with van der Waals surface area (Å²) in [4.78, 5) is 2.49. The van der Waals surface area contributed by atoms with Crippen molar-refractivity contribution in [3.8, 4) is 44.5 Å². The van der Waals surface area contributed by atoms with Crippen LogP contribution in [0.15, 0.2) is 205 Å². The van der Waals surface area contributed by atoms with Crippen LogP contribution in [-0.2, 0) is 5.41 Å². The van der Waals surface area contributed by atoms with Crippen LogP contribution in [0.25, 0.3) is 77.2 Å². The van der Waals surface area contributed by atoms with E-state index in [0.717, 1.165) is 60.9 Å². The molecular formula is C55H39NO. The van der Waals surface area contributed by atoms with Gasteiger partial charge in [0.2, 0.25) is 0 Å². The normalized spacial score (nSPS) is 12.9. The van der Waals surface area contributed by atoms with Gasteiger partial charge in [0.05, 0.1) is 11.4 Å². The van der Waals surface area contributed by atoms with Gasteiger partial charge in [0, 0.05) is 38.2 Å². The molecule has 0 saturated heterocycles. The maximum Gasteiger partial charge on any atom is 0.143 e. The standard InChI is InChI=1S/C55H39NO/c1-55(2)48-28-13-11-24-43(48)44-32-31-40(34-49(44)55)56(50-29-14-12-23-41(50)37-19-7-4-8-20-37)51-35-47-53-42(39-22-15-21-38(33-39)36-17-5-3-6-18-36)27-16-30-52(53)57-54(47)46-26-10-9-25-45(46)51/h3-35H,1-2H3. The van der Waals surface area contributed by atoms with Crippen molar-refractivity contribution in [3.05, 3.63) is 211 Å². The molecular weight excluding hydrogens is 691 g/mol. The molecule has 57 heavy (non-hydrogen) atoms. The van der Waals surface area contributed by atoms with Crippen LogP contribution in [-0.4, -0.2) is 0 Å². The van der Waals surface area contributed by atoms with Gasteiger partial charge in [-0.15, -0.1) is 0 Å². The second-order valence-electron chi connectivity index (χ2n) is 15.7. The first-order valence-electron chi connectivity index (χ1n) is 19.8. The van der Waals surface area contributed by atoms with Gasteiger partial charge in [0.1, 0.15) is 11.2 Å². The molecule has 1 aliphatic rings. The maximum atomic E-state index is 6.89. The van der Waals surface area contributed by atoms with Gasteiger partial charge in [-0.2, -0.15) is 0 Å². The van der Waals surface area contributed by atoms with Gasteiger partial charge in [-0.05, 0) is 86.5 Å². The highest BCUT2D eigenvalue weighted by Gasteiger charge is 2.36. The Morgan fingerprint density at radius 2 is 1.00 bits per heavy atom. The maximum absolute atomic E-state index is 6.89. The zero-order valence-electron chi connectivity index (χ0n) is 31.9. The molecule has 0 bridgehead atoms. The first-order chi connectivity index (χ1) is 28.0. The molecule has 2 heteroatoms. The van der Waals surface area contributed by atoms with Gasteiger partial charge in [-0.3, -0.25) is 0 Å². The lowest BCUT2D eigenvalue weighted by Gasteiger charge is -2.31. The minimum atomic E-state index is -0.150. The van der Waals surface area contributed by atoms with E-state index in [0.29, 0.717) is 0 Å². The lowest BCUT2D eigenvalue weighted by Crippen LogP contribution is -2.17. The van der Waals surface area contributed by atoms with E-state index in [9.17, 15) is 0 Å². The summed E-state index contributed by atoms with van der Waals surface area (Å²) in [5, 5.41) is 4.42. The Morgan fingerprint density at radius 3 is 1.82 bits per heavy atom. The van der Waals surface area contributed by atoms with Gasteiger partial charge >= 0.3 is 0 Å². The van der Waals surface area contributed by atoms with Crippen LogP contribution < -0.4 is 4.90 Å². The van der Waals surface area contributed by atoms with Crippen LogP contribution in [0.1, 0.15) is 25.0 Å². The zero-order chi connectivity index (χ0) is 38.1. The number of hydrogen-bond donors (Lipinski definition) is 0. The molecule has 270 valence electrons. The number of rotatable bonds is 6. The summed E-state index contributed by atoms with van der Waals surface area (Å²) in [6.45, 7) is 4.72. The molecule has 9 aromatic carbocycles. The monoisotopic (exact) mass is 729 g/mol. The molecule has 11 rings (SSSR count). The zero-order valence-corrected chi connectivity index (χ0v) is 31.9. The molecule has 0 fully saturated rings. The van der Waals surface area contributed by atoms with E-state index < -0.39 is 0 Å². The number of hydrogen-bond acceptors (Lipinski definition) is 2. The van der Waals surface area contributed by atoms with Crippen molar-refractivity contribution in [2.45, 2.75) is 19.3 Å². The molecule has 0 atom stereocenters. The highest BCUT2D eigenvalue weighted by molar-refractivity contribution is 6.22. The van der Waals surface area contributed by atoms with Crippen LogP contribution in [0.3, 0.4) is 0 Å². The Hall–Kier alpha value is -7.16. The summed E-state index contributed by atoms with van der Waals surface area (Å²) in [6.07, 6.45) is 0. The van der Waals surface area contributed by atoms with Gasteiger partial charge in [0.15, 0.2) is 0 Å². The average molecular weight is 730 g/mol. The predicted octanol–water partition coefficient (Wildman–Crippen LogP) is 15.5. The number of para-hydroxylation sites is 1. The molecule has 0 saturated carbocycles. The third kappa shape index (κ3) is 5.25. The fraction of sp³-hybridized carbons (Fsp3) is 0.0545. The predicted molar refractivity (Wildman–Crippen MR) is 240 cm³/mol. The summed E-state index contributed by atoms with van der Waals surface area (Å²) in [5.74, 6) is 0. The van der Waals surface area contributed by atoms with E-state index >= 15 is 0 Å². The van der Waals surface area contributed by atoms with Crippen LogP contribution in [0, 0.1) is 0 Å². The molecule has 2 nitrogen and oxygen atoms in total. The van der Waals surface area contributed by atoms with E-state index in [-0.39, 0.29) is 5.41 Å². The second kappa shape index (κ2) is 13.0. The number of nitrogens with zero attached hydrogens (tertiary/aromatic N) is 1. The molecule has 0 spiro atoms. The number of benzene rings is 9. The number of anilines is 3. The van der Waals surface area contributed by atoms with Crippen LogP contribution in [0.4, 0.5) is 17.1 Å². The average Bonchev–Trinajstić information content (AvgIpc) is 3.76. The molecule has 0 unspecified atom stereocenters. The molecule has 1 aliphatic carbocycles. The van der Waals surface area contributed by atoms with Crippen LogP contribution >= 0.6 is 0 Å². The summed E-state index contributed by atoms with van der Waals surface area (Å²) < 4.78 is 6.89. The van der Waals surface area contributed by atoms with Crippen molar-refractivity contribution in [3.63, 3.8) is 0 Å². The molecule has 1 aromatic heterocycles. The number of furan rings is 1. The van der Waals surface area contributed by atoms with Gasteiger partial charge in [0.25, 0.3) is 0 Å². The molecule has 10 aromatic rings. The molecule has 0 radical (unpaired) electrons. The van der Waals surface area contributed by atoms with Gasteiger partial charge < -0.3 is 9.32 Å². The highest BCUT2D eigenvalue weighted by Crippen LogP contribution is 2.53. The van der Waals surface area contributed by atoms with E-state index in [1.165, 1.54) is 44.5 Å². The molecule has 0 amide bonds. The third-order valence-electron chi connectivity index (χ3n) is 12.1. The Balaban J connectivity index is 1.20. The molecule has 0 aliphatic heterocycles. The Morgan fingerprint density at radius 1 is 0.386 bits per heavy atom. The molecule has 1 heterocycles. The summed E-state index contributed by atoms with van der Waals surface area (Å²) >= 11 is 0. The van der Waals surface area contributed by atoms with E-state index in [1.807, 2.05) is 0 Å². The lowest BCUT2D eigenvalue weighted by molar-refractivity contribution is 0.660. The van der Waals surface area contributed by atoms with E-state index in [1.54, 1.807) is 0 Å². The first-order valence-corrected chi connectivity index (χ1v) is 19.8. The number of fused-ring (bicyclic) bond motifs is 8. The topological polar surface area (TPSA) is 16.4 Å². The Labute approximate surface area is 332 Å². The quantitative estimate of drug-likeness (QED) is 0.169. The SMILES string of the molecule is CC1(C)c2ccccc2-c2ccc(N(c3ccccc3-c3ccccc3)c3cc4c(oc5cccc(-c6cccc(-c7ccccc7)c6)c54)c4ccccc34)cc21. The van der Waals surface area contributed by atoms with E-state index in [4.69, 9.17) is 4.42 Å². The van der Waals surface area contributed by atoms with Gasteiger partial charge in [-0.25, -0.2) is 0 Å². The Kier molecular flexibility index (Phi) is 7.55. The van der Waals surface area contributed by atoms with Crippen LogP contribution in [0.2, 0.25) is 0 Å². The van der Waals surface area contributed by atoms with Crippen molar-refractivity contribution in [1.82, 2.24) is 0 Å². The third-order valence-corrected chi connectivity index (χ3v) is 12.1. The first kappa shape index (κ1) is 33.2. The van der Waals surface area contributed by atoms with Gasteiger partial charge in [-0.1, -0.05) is 178 Å². The molecule has 0 N–H and O–H groups in total. The fourth-order valence-corrected chi connectivity index (χ4v) is 9.32. The Bertz CT molecular complexity index is 3150. The van der Waals surface area contributed by atoms with Crippen molar-refractivity contribution in [2.24, 2.45) is 0 Å². The van der Waals surface area contributed by atoms with Crippen molar-refractivity contribution < 1.29 is 4.42 Å². The summed E-state index contributed by atoms with van der Waals surface area (Å²) in [6, 6.07) is 72.6. The summed E-state index contributed by atoms with van der Waals surface area (Å²) in [7, 11) is 0. The lowest BCUT2D eigenvalue weighted by atomic mass is 9.82. The largest absolute Gasteiger partial charge is 0.455 e. The summed E-state index contributed by atoms with van der Waals surface area (Å²) in [5.41, 5.74) is 17.3. The van der Waals surface area contributed by atoms with Crippen LogP contribution in [0.5, 0.6) is 0 Å². The fourth-order valence-electron chi connectivity index (χ4n) is 9.32. The van der Waals surface area contributed by atoms with E-state index in [2.05, 4.69) is 219 Å². The smallest absolute Gasteiger partial charge is 0.143 e. The van der Waals surface area contributed by atoms with Crippen molar-refractivity contribution >= 4 is 49.8 Å². The second-order valence-corrected chi connectivity index (χ2v) is 15.7. The minimum absolute atomic E-state index is 0.150. The minimum Gasteiger partial charge on any atom is -0.455 e. The highest BCUT2D eigenvalue weighted by atomic mass is 16.3. The van der Waals surface area contributed by atoms with Crippen molar-refractivity contribution in [1.29, 1.82) is 0 Å². The van der Waals surface area contributed by atoms with Crippen molar-refractivity contribution in [2.75, 3.05) is 4.90 Å².